The number of nitro groups is 1. The summed E-state index contributed by atoms with van der Waals surface area (Å²) < 4.78 is 5.27. The molecule has 1 aromatic carbocycles. The molecule has 0 radical (unpaired) electrons. The largest absolute Gasteiger partial charge is 0.383 e. The molecule has 1 aliphatic rings. The summed E-state index contributed by atoms with van der Waals surface area (Å²) in [6.07, 6.45) is 1.83. The third-order valence-electron chi connectivity index (χ3n) is 3.59. The number of hydrogen-bond acceptors (Lipinski definition) is 5. The number of nitro benzene ring substituents is 1. The molecule has 1 amide bonds. The number of carbonyl (C=O) groups is 1. The quantitative estimate of drug-likeness (QED) is 0.616. The van der Waals surface area contributed by atoms with Crippen molar-refractivity contribution in [1.29, 1.82) is 0 Å². The van der Waals surface area contributed by atoms with Gasteiger partial charge < -0.3 is 15.4 Å². The molecule has 114 valence electrons. The summed E-state index contributed by atoms with van der Waals surface area (Å²) in [6.45, 7) is 1.99. The third kappa shape index (κ3) is 3.69. The molecule has 0 bridgehead atoms. The van der Waals surface area contributed by atoms with Crippen LogP contribution in [0.4, 0.5) is 11.4 Å². The van der Waals surface area contributed by atoms with Gasteiger partial charge in [0.2, 0.25) is 0 Å². The zero-order valence-corrected chi connectivity index (χ0v) is 11.9. The molecule has 1 unspecified atom stereocenters. The van der Waals surface area contributed by atoms with Crippen molar-refractivity contribution in [3.8, 4) is 0 Å². The number of nitrogens with zero attached hydrogens (tertiary/aromatic N) is 1. The second-order valence-corrected chi connectivity index (χ2v) is 4.98. The van der Waals surface area contributed by atoms with Crippen LogP contribution < -0.4 is 10.6 Å². The number of rotatable bonds is 6. The summed E-state index contributed by atoms with van der Waals surface area (Å²) in [5.74, 6) is 0.0432. The summed E-state index contributed by atoms with van der Waals surface area (Å²) in [6, 6.07) is 4.66. The minimum Gasteiger partial charge on any atom is -0.383 e. The first-order chi connectivity index (χ1) is 10.1. The number of amides is 1. The van der Waals surface area contributed by atoms with E-state index in [0.29, 0.717) is 18.2 Å². The molecule has 0 aliphatic carbocycles. The molecule has 1 heterocycles. The fourth-order valence-electron chi connectivity index (χ4n) is 2.42. The third-order valence-corrected chi connectivity index (χ3v) is 3.59. The Balaban J connectivity index is 2.02. The number of anilines is 1. The molecular formula is C14H19N3O4. The molecule has 1 atom stereocenters. The minimum atomic E-state index is -0.536. The van der Waals surface area contributed by atoms with Gasteiger partial charge in [0.1, 0.15) is 11.3 Å². The maximum atomic E-state index is 12.1. The van der Waals surface area contributed by atoms with Crippen LogP contribution in [0.15, 0.2) is 18.2 Å². The van der Waals surface area contributed by atoms with Gasteiger partial charge in [-0.2, -0.15) is 0 Å². The van der Waals surface area contributed by atoms with E-state index in [2.05, 4.69) is 10.6 Å². The van der Waals surface area contributed by atoms with Crippen LogP contribution in [0.3, 0.4) is 0 Å². The van der Waals surface area contributed by atoms with E-state index in [1.165, 1.54) is 6.07 Å². The molecule has 21 heavy (non-hydrogen) atoms. The lowest BCUT2D eigenvalue weighted by Gasteiger charge is -2.10. The molecule has 7 nitrogen and oxygen atoms in total. The van der Waals surface area contributed by atoms with Crippen molar-refractivity contribution in [2.45, 2.75) is 12.8 Å². The highest BCUT2D eigenvalue weighted by molar-refractivity contribution is 6.00. The van der Waals surface area contributed by atoms with Crippen LogP contribution in [0, 0.1) is 16.0 Å². The van der Waals surface area contributed by atoms with E-state index >= 15 is 0 Å². The minimum absolute atomic E-state index is 0.0783. The first-order valence-corrected chi connectivity index (χ1v) is 6.94. The average Bonchev–Trinajstić information content (AvgIpc) is 2.99. The fraction of sp³-hybridized carbons (Fsp3) is 0.500. The lowest BCUT2D eigenvalue weighted by atomic mass is 10.1. The van der Waals surface area contributed by atoms with Gasteiger partial charge in [0.25, 0.3) is 5.91 Å². The SMILES string of the molecule is CNc1cccc(C(=O)NCCC2CCOC2)c1[N+](=O)[O-]. The van der Waals surface area contributed by atoms with Crippen molar-refractivity contribution in [2.24, 2.45) is 5.92 Å². The van der Waals surface area contributed by atoms with Crippen LogP contribution in [0.1, 0.15) is 23.2 Å². The van der Waals surface area contributed by atoms with Crippen LogP contribution in [-0.2, 0) is 4.74 Å². The van der Waals surface area contributed by atoms with Gasteiger partial charge in [0.15, 0.2) is 0 Å². The van der Waals surface area contributed by atoms with E-state index < -0.39 is 10.8 Å². The second kappa shape index (κ2) is 7.03. The normalized spacial score (nSPS) is 17.5. The summed E-state index contributed by atoms with van der Waals surface area (Å²) in [4.78, 5) is 22.8. The topological polar surface area (TPSA) is 93.5 Å². The molecule has 0 aromatic heterocycles. The van der Waals surface area contributed by atoms with Gasteiger partial charge in [-0.1, -0.05) is 6.07 Å². The molecular weight excluding hydrogens is 274 g/mol. The van der Waals surface area contributed by atoms with Crippen molar-refractivity contribution in [3.63, 3.8) is 0 Å². The summed E-state index contributed by atoms with van der Waals surface area (Å²) in [5.41, 5.74) is 0.216. The van der Waals surface area contributed by atoms with Gasteiger partial charge in [0.05, 0.1) is 4.92 Å². The van der Waals surface area contributed by atoms with Gasteiger partial charge in [0, 0.05) is 26.8 Å². The number of benzene rings is 1. The number of para-hydroxylation sites is 1. The molecule has 1 aliphatic heterocycles. The maximum Gasteiger partial charge on any atom is 0.305 e. The maximum absolute atomic E-state index is 12.1. The average molecular weight is 293 g/mol. The van der Waals surface area contributed by atoms with Crippen molar-refractivity contribution in [2.75, 3.05) is 32.1 Å². The molecule has 0 spiro atoms. The molecule has 7 heteroatoms. The van der Waals surface area contributed by atoms with Crippen LogP contribution in [0.2, 0.25) is 0 Å². The van der Waals surface area contributed by atoms with Gasteiger partial charge in [-0.25, -0.2) is 0 Å². The zero-order chi connectivity index (χ0) is 15.2. The summed E-state index contributed by atoms with van der Waals surface area (Å²) in [5, 5.41) is 16.6. The van der Waals surface area contributed by atoms with Gasteiger partial charge in [-0.05, 0) is 30.9 Å². The number of hydrogen-bond donors (Lipinski definition) is 2. The molecule has 1 fully saturated rings. The van der Waals surface area contributed by atoms with Gasteiger partial charge in [-0.3, -0.25) is 14.9 Å². The Morgan fingerprint density at radius 3 is 2.95 bits per heavy atom. The molecule has 2 rings (SSSR count). The number of ether oxygens (including phenoxy) is 1. The van der Waals surface area contributed by atoms with Crippen LogP contribution in [0.5, 0.6) is 0 Å². The second-order valence-electron chi connectivity index (χ2n) is 4.98. The van der Waals surface area contributed by atoms with E-state index in [1.54, 1.807) is 19.2 Å². The predicted octanol–water partition coefficient (Wildman–Crippen LogP) is 1.79. The Morgan fingerprint density at radius 1 is 1.52 bits per heavy atom. The number of nitrogens with one attached hydrogen (secondary N) is 2. The molecule has 1 saturated heterocycles. The van der Waals surface area contributed by atoms with Crippen molar-refractivity contribution in [3.05, 3.63) is 33.9 Å². The van der Waals surface area contributed by atoms with Crippen molar-refractivity contribution >= 4 is 17.3 Å². The fourth-order valence-corrected chi connectivity index (χ4v) is 2.42. The van der Waals surface area contributed by atoms with Crippen molar-refractivity contribution in [1.82, 2.24) is 5.32 Å². The van der Waals surface area contributed by atoms with Crippen LogP contribution >= 0.6 is 0 Å². The van der Waals surface area contributed by atoms with E-state index in [-0.39, 0.29) is 11.3 Å². The van der Waals surface area contributed by atoms with Gasteiger partial charge >= 0.3 is 5.69 Å². The first-order valence-electron chi connectivity index (χ1n) is 6.94. The molecule has 2 N–H and O–H groups in total. The summed E-state index contributed by atoms with van der Waals surface area (Å²) in [7, 11) is 1.59. The lowest BCUT2D eigenvalue weighted by molar-refractivity contribution is -0.384. The van der Waals surface area contributed by atoms with Gasteiger partial charge in [-0.15, -0.1) is 0 Å². The standard InChI is InChI=1S/C14H19N3O4/c1-15-12-4-2-3-11(13(12)17(19)20)14(18)16-7-5-10-6-8-21-9-10/h2-4,10,15H,5-9H2,1H3,(H,16,18). The van der Waals surface area contributed by atoms with E-state index in [1.807, 2.05) is 0 Å². The zero-order valence-electron chi connectivity index (χ0n) is 11.9. The summed E-state index contributed by atoms with van der Waals surface area (Å²) >= 11 is 0. The van der Waals surface area contributed by atoms with Crippen LogP contribution in [-0.4, -0.2) is 37.6 Å². The predicted molar refractivity (Wildman–Crippen MR) is 78.5 cm³/mol. The Labute approximate surface area is 122 Å². The number of carbonyl (C=O) groups excluding carboxylic acids is 1. The highest BCUT2D eigenvalue weighted by atomic mass is 16.6. The Morgan fingerprint density at radius 2 is 2.33 bits per heavy atom. The Bertz CT molecular complexity index is 527. The van der Waals surface area contributed by atoms with E-state index in [0.717, 1.165) is 26.1 Å². The first kappa shape index (κ1) is 15.2. The lowest BCUT2D eigenvalue weighted by Crippen LogP contribution is -2.27. The van der Waals surface area contributed by atoms with Crippen LogP contribution in [0.25, 0.3) is 0 Å². The highest BCUT2D eigenvalue weighted by Crippen LogP contribution is 2.28. The molecule has 0 saturated carbocycles. The highest BCUT2D eigenvalue weighted by Gasteiger charge is 2.24. The molecule has 1 aromatic rings. The van der Waals surface area contributed by atoms with E-state index in [9.17, 15) is 14.9 Å². The van der Waals surface area contributed by atoms with E-state index in [4.69, 9.17) is 4.74 Å². The Kier molecular flexibility index (Phi) is 5.10. The monoisotopic (exact) mass is 293 g/mol. The Hall–Kier alpha value is -2.15. The smallest absolute Gasteiger partial charge is 0.305 e. The van der Waals surface area contributed by atoms with Crippen molar-refractivity contribution < 1.29 is 14.5 Å².